The van der Waals surface area contributed by atoms with Crippen LogP contribution in [0.4, 0.5) is 4.39 Å². The van der Waals surface area contributed by atoms with E-state index in [1.54, 1.807) is 18.5 Å². The maximum absolute atomic E-state index is 13.1. The molecule has 1 aliphatic heterocycles. The normalized spacial score (nSPS) is 14.2. The zero-order valence-electron chi connectivity index (χ0n) is 17.4. The topological polar surface area (TPSA) is 86.3 Å². The highest BCUT2D eigenvalue weighted by molar-refractivity contribution is 5.81. The van der Waals surface area contributed by atoms with Crippen LogP contribution in [0.2, 0.25) is 0 Å². The highest BCUT2D eigenvalue weighted by atomic mass is 19.1. The Morgan fingerprint density at radius 3 is 2.72 bits per heavy atom. The Labute approximate surface area is 183 Å². The zero-order chi connectivity index (χ0) is 21.9. The number of halogens is 1. The van der Waals surface area contributed by atoms with Crippen LogP contribution in [0.1, 0.15) is 17.9 Å². The van der Waals surface area contributed by atoms with Gasteiger partial charge in [0.15, 0.2) is 0 Å². The molecule has 0 saturated carbocycles. The zero-order valence-corrected chi connectivity index (χ0v) is 17.4. The van der Waals surface area contributed by atoms with Gasteiger partial charge in [-0.1, -0.05) is 17.3 Å². The summed E-state index contributed by atoms with van der Waals surface area (Å²) in [7, 11) is 0. The van der Waals surface area contributed by atoms with Crippen LogP contribution in [-0.4, -0.2) is 56.8 Å². The number of benzene rings is 2. The summed E-state index contributed by atoms with van der Waals surface area (Å²) in [5.41, 5.74) is 3.42. The molecular formula is C23H22FN5O3. The second-order valence-electron chi connectivity index (χ2n) is 7.70. The average Bonchev–Trinajstić information content (AvgIpc) is 3.46. The number of fused-ring (bicyclic) bond motifs is 1. The highest BCUT2D eigenvalue weighted by Crippen LogP contribution is 2.23. The molecule has 2 aromatic heterocycles. The van der Waals surface area contributed by atoms with E-state index >= 15 is 0 Å². The van der Waals surface area contributed by atoms with Crippen LogP contribution in [0, 0.1) is 5.82 Å². The largest absolute Gasteiger partial charge is 0.378 e. The lowest BCUT2D eigenvalue weighted by Crippen LogP contribution is -2.40. The van der Waals surface area contributed by atoms with Crippen LogP contribution >= 0.6 is 0 Å². The minimum atomic E-state index is -0.279. The van der Waals surface area contributed by atoms with Gasteiger partial charge < -0.3 is 18.7 Å². The summed E-state index contributed by atoms with van der Waals surface area (Å²) in [6.45, 7) is 3.08. The number of aryl methyl sites for hydroxylation is 1. The SMILES string of the molecule is O=C(CCn1cnc2cc(-c3noc(Cc4ccc(F)cc4)n3)ccc21)N1CCOCC1. The van der Waals surface area contributed by atoms with Crippen LogP contribution in [0.15, 0.2) is 53.3 Å². The molecule has 5 rings (SSSR count). The molecule has 0 unspecified atom stereocenters. The predicted octanol–water partition coefficient (Wildman–Crippen LogP) is 3.07. The number of hydrogen-bond donors (Lipinski definition) is 0. The fourth-order valence-corrected chi connectivity index (χ4v) is 3.79. The molecular weight excluding hydrogens is 413 g/mol. The van der Waals surface area contributed by atoms with Crippen molar-refractivity contribution < 1.29 is 18.4 Å². The number of amides is 1. The number of imidazole rings is 1. The van der Waals surface area contributed by atoms with E-state index in [1.807, 2.05) is 27.7 Å². The molecule has 0 radical (unpaired) electrons. The molecule has 3 heterocycles. The first-order valence-electron chi connectivity index (χ1n) is 10.5. The molecule has 1 fully saturated rings. The van der Waals surface area contributed by atoms with Crippen molar-refractivity contribution in [2.75, 3.05) is 26.3 Å². The molecule has 2 aromatic carbocycles. The maximum atomic E-state index is 13.1. The van der Waals surface area contributed by atoms with E-state index in [4.69, 9.17) is 9.26 Å². The van der Waals surface area contributed by atoms with Crippen molar-refractivity contribution >= 4 is 16.9 Å². The molecule has 1 saturated heterocycles. The molecule has 0 atom stereocenters. The molecule has 1 amide bonds. The quantitative estimate of drug-likeness (QED) is 0.463. The molecule has 0 N–H and O–H groups in total. The molecule has 1 aliphatic rings. The van der Waals surface area contributed by atoms with Crippen molar-refractivity contribution in [3.63, 3.8) is 0 Å². The fraction of sp³-hybridized carbons (Fsp3) is 0.304. The Kier molecular flexibility index (Phi) is 5.64. The lowest BCUT2D eigenvalue weighted by atomic mass is 10.1. The van der Waals surface area contributed by atoms with Gasteiger partial charge in [-0.3, -0.25) is 4.79 Å². The Balaban J connectivity index is 1.27. The first kappa shape index (κ1) is 20.3. The standard InChI is InChI=1S/C23H22FN5O3/c24-18-4-1-16(2-5-18)13-21-26-23(27-32-21)17-3-6-20-19(14-17)25-15-29(20)8-7-22(30)28-9-11-31-12-10-28/h1-6,14-15H,7-13H2. The number of hydrogen-bond acceptors (Lipinski definition) is 6. The molecule has 0 aliphatic carbocycles. The average molecular weight is 435 g/mol. The number of nitrogens with zero attached hydrogens (tertiary/aromatic N) is 5. The van der Waals surface area contributed by atoms with Gasteiger partial charge in [-0.05, 0) is 35.9 Å². The summed E-state index contributed by atoms with van der Waals surface area (Å²) >= 11 is 0. The number of carbonyl (C=O) groups excluding carboxylic acids is 1. The van der Waals surface area contributed by atoms with Crippen LogP contribution in [0.25, 0.3) is 22.4 Å². The number of aromatic nitrogens is 4. The van der Waals surface area contributed by atoms with Gasteiger partial charge in [-0.25, -0.2) is 9.37 Å². The minimum absolute atomic E-state index is 0.132. The maximum Gasteiger partial charge on any atom is 0.231 e. The van der Waals surface area contributed by atoms with Gasteiger partial charge in [0.2, 0.25) is 17.6 Å². The van der Waals surface area contributed by atoms with Crippen LogP contribution in [0.5, 0.6) is 0 Å². The van der Waals surface area contributed by atoms with Gasteiger partial charge in [-0.15, -0.1) is 0 Å². The van der Waals surface area contributed by atoms with Gasteiger partial charge in [0.25, 0.3) is 0 Å². The van der Waals surface area contributed by atoms with E-state index < -0.39 is 0 Å². The summed E-state index contributed by atoms with van der Waals surface area (Å²) < 4.78 is 25.7. The van der Waals surface area contributed by atoms with Crippen molar-refractivity contribution in [3.05, 3.63) is 66.1 Å². The molecule has 8 nitrogen and oxygen atoms in total. The van der Waals surface area contributed by atoms with Crippen molar-refractivity contribution in [1.29, 1.82) is 0 Å². The van der Waals surface area contributed by atoms with E-state index in [9.17, 15) is 9.18 Å². The lowest BCUT2D eigenvalue weighted by Gasteiger charge is -2.26. The number of ether oxygens (including phenoxy) is 1. The smallest absolute Gasteiger partial charge is 0.231 e. The number of morpholine rings is 1. The van der Waals surface area contributed by atoms with Crippen molar-refractivity contribution in [2.45, 2.75) is 19.4 Å². The van der Waals surface area contributed by atoms with Gasteiger partial charge >= 0.3 is 0 Å². The van der Waals surface area contributed by atoms with E-state index in [2.05, 4.69) is 15.1 Å². The van der Waals surface area contributed by atoms with Gasteiger partial charge in [0.1, 0.15) is 5.82 Å². The second-order valence-corrected chi connectivity index (χ2v) is 7.70. The monoisotopic (exact) mass is 435 g/mol. The van der Waals surface area contributed by atoms with E-state index in [-0.39, 0.29) is 11.7 Å². The minimum Gasteiger partial charge on any atom is -0.378 e. The molecule has 0 spiro atoms. The molecule has 9 heteroatoms. The van der Waals surface area contributed by atoms with Gasteiger partial charge in [0, 0.05) is 31.6 Å². The second kappa shape index (κ2) is 8.88. The van der Waals surface area contributed by atoms with Crippen molar-refractivity contribution in [1.82, 2.24) is 24.6 Å². The summed E-state index contributed by atoms with van der Waals surface area (Å²) in [6, 6.07) is 12.0. The van der Waals surface area contributed by atoms with Crippen LogP contribution < -0.4 is 0 Å². The Morgan fingerprint density at radius 1 is 1.09 bits per heavy atom. The van der Waals surface area contributed by atoms with Crippen molar-refractivity contribution in [3.8, 4) is 11.4 Å². The Bertz CT molecular complexity index is 1230. The van der Waals surface area contributed by atoms with Crippen molar-refractivity contribution in [2.24, 2.45) is 0 Å². The first-order valence-corrected chi connectivity index (χ1v) is 10.5. The number of carbonyl (C=O) groups is 1. The third-order valence-electron chi connectivity index (χ3n) is 5.55. The summed E-state index contributed by atoms with van der Waals surface area (Å²) in [5, 5.41) is 4.07. The van der Waals surface area contributed by atoms with Crippen LogP contribution in [-0.2, 0) is 22.5 Å². The third-order valence-corrected chi connectivity index (χ3v) is 5.55. The summed E-state index contributed by atoms with van der Waals surface area (Å²) in [4.78, 5) is 23.2. The van der Waals surface area contributed by atoms with Crippen LogP contribution in [0.3, 0.4) is 0 Å². The molecule has 32 heavy (non-hydrogen) atoms. The Hall–Kier alpha value is -3.59. The molecule has 0 bridgehead atoms. The summed E-state index contributed by atoms with van der Waals surface area (Å²) in [5.74, 6) is 0.783. The van der Waals surface area contributed by atoms with Gasteiger partial charge in [0.05, 0.1) is 37.0 Å². The lowest BCUT2D eigenvalue weighted by molar-refractivity contribution is -0.135. The van der Waals surface area contributed by atoms with E-state index in [1.165, 1.54) is 12.1 Å². The van der Waals surface area contributed by atoms with E-state index in [0.29, 0.717) is 57.4 Å². The van der Waals surface area contributed by atoms with Gasteiger partial charge in [-0.2, -0.15) is 4.98 Å². The molecule has 4 aromatic rings. The fourth-order valence-electron chi connectivity index (χ4n) is 3.79. The Morgan fingerprint density at radius 2 is 1.91 bits per heavy atom. The predicted molar refractivity (Wildman–Crippen MR) is 114 cm³/mol. The number of rotatable bonds is 6. The first-order chi connectivity index (χ1) is 15.7. The molecule has 164 valence electrons. The highest BCUT2D eigenvalue weighted by Gasteiger charge is 2.17. The van der Waals surface area contributed by atoms with E-state index in [0.717, 1.165) is 22.2 Å². The third kappa shape index (κ3) is 4.38. The summed E-state index contributed by atoms with van der Waals surface area (Å²) in [6.07, 6.45) is 2.60.